The van der Waals surface area contributed by atoms with Crippen LogP contribution >= 0.6 is 0 Å². The van der Waals surface area contributed by atoms with Crippen LogP contribution < -0.4 is 27.4 Å². The monoisotopic (exact) mass is 543 g/mol. The molecule has 0 saturated carbocycles. The van der Waals surface area contributed by atoms with Gasteiger partial charge in [-0.1, -0.05) is 42.5 Å². The summed E-state index contributed by atoms with van der Waals surface area (Å²) in [5, 5.41) is 36.1. The first-order valence-electron chi connectivity index (χ1n) is 12.0. The van der Waals surface area contributed by atoms with Crippen molar-refractivity contribution in [3.63, 3.8) is 0 Å². The Balaban J connectivity index is 2.20. The Morgan fingerprint density at radius 3 is 1.90 bits per heavy atom. The fraction of sp³-hybridized carbons (Fsp3) is 0.346. The minimum Gasteiger partial charge on any atom is -0.508 e. The molecule has 10 N–H and O–H groups in total. The number of aromatic hydroxyl groups is 1. The van der Waals surface area contributed by atoms with Gasteiger partial charge in [-0.25, -0.2) is 4.79 Å². The van der Waals surface area contributed by atoms with Crippen molar-refractivity contribution in [2.45, 2.75) is 56.5 Å². The Morgan fingerprint density at radius 1 is 0.795 bits per heavy atom. The van der Waals surface area contributed by atoms with Crippen molar-refractivity contribution in [1.29, 1.82) is 0 Å². The van der Waals surface area contributed by atoms with Crippen molar-refractivity contribution in [3.05, 3.63) is 65.7 Å². The summed E-state index contributed by atoms with van der Waals surface area (Å²) >= 11 is 0. The quantitative estimate of drug-likeness (QED) is 0.135. The minimum absolute atomic E-state index is 0.0418. The molecule has 0 radical (unpaired) electrons. The zero-order valence-electron chi connectivity index (χ0n) is 21.2. The van der Waals surface area contributed by atoms with Crippen LogP contribution in [-0.2, 0) is 36.8 Å². The Bertz CT molecular complexity index is 1160. The lowest BCUT2D eigenvalue weighted by atomic mass is 10.0. The Hall–Kier alpha value is -4.49. The van der Waals surface area contributed by atoms with Gasteiger partial charge in [-0.15, -0.1) is 0 Å². The summed E-state index contributed by atoms with van der Waals surface area (Å²) < 4.78 is 0. The number of benzene rings is 2. The summed E-state index contributed by atoms with van der Waals surface area (Å²) in [6, 6.07) is 9.00. The average Bonchev–Trinajstić information content (AvgIpc) is 2.87. The highest BCUT2D eigenvalue weighted by Crippen LogP contribution is 2.12. The molecule has 210 valence electrons. The van der Waals surface area contributed by atoms with Gasteiger partial charge in [-0.2, -0.15) is 0 Å². The molecule has 2 rings (SSSR count). The van der Waals surface area contributed by atoms with Crippen LogP contribution in [0.5, 0.6) is 5.75 Å². The number of carbonyl (C=O) groups is 5. The van der Waals surface area contributed by atoms with E-state index in [0.717, 1.165) is 5.56 Å². The molecule has 0 aliphatic rings. The van der Waals surface area contributed by atoms with Gasteiger partial charge in [0.2, 0.25) is 23.6 Å². The molecule has 4 amide bonds. The normalized spacial score (nSPS) is 14.6. The maximum Gasteiger partial charge on any atom is 0.326 e. The number of carboxylic acid groups (broad SMARTS) is 1. The molecule has 0 heterocycles. The number of carbonyl (C=O) groups excluding carboxylic acids is 4. The van der Waals surface area contributed by atoms with E-state index in [4.69, 9.17) is 11.5 Å². The molecule has 0 bridgehead atoms. The highest BCUT2D eigenvalue weighted by Gasteiger charge is 2.33. The van der Waals surface area contributed by atoms with Gasteiger partial charge in [0.05, 0.1) is 18.6 Å². The first-order valence-corrected chi connectivity index (χ1v) is 12.0. The van der Waals surface area contributed by atoms with Crippen LogP contribution in [0.25, 0.3) is 0 Å². The summed E-state index contributed by atoms with van der Waals surface area (Å²) in [7, 11) is 0. The van der Waals surface area contributed by atoms with Gasteiger partial charge in [0.25, 0.3) is 0 Å². The summed E-state index contributed by atoms with van der Waals surface area (Å²) in [5.74, 6) is -5.14. The Kier molecular flexibility index (Phi) is 11.4. The number of aliphatic hydroxyl groups is 1. The standard InChI is InChI=1S/C26H33N5O8/c1-14(32)22(31-23(35)18(27)11-15-5-3-2-4-6-15)25(37)29-19(12-16-7-9-17(33)10-8-16)24(36)30-20(26(38)39)13-21(28)34/h2-10,14,18-20,22,32-33H,11-13,27H2,1H3,(H2,28,34)(H,29,37)(H,30,36)(H,31,35)(H,38,39). The van der Waals surface area contributed by atoms with E-state index in [2.05, 4.69) is 16.0 Å². The molecular formula is C26H33N5O8. The van der Waals surface area contributed by atoms with E-state index in [0.29, 0.717) is 5.56 Å². The summed E-state index contributed by atoms with van der Waals surface area (Å²) in [6.07, 6.45) is -2.07. The molecule has 0 aromatic heterocycles. The van der Waals surface area contributed by atoms with Crippen LogP contribution in [0.3, 0.4) is 0 Å². The lowest BCUT2D eigenvalue weighted by Crippen LogP contribution is -2.60. The number of hydrogen-bond donors (Lipinski definition) is 8. The summed E-state index contributed by atoms with van der Waals surface area (Å²) in [6.45, 7) is 1.26. The van der Waals surface area contributed by atoms with Gasteiger partial charge >= 0.3 is 5.97 Å². The fourth-order valence-corrected chi connectivity index (χ4v) is 3.64. The van der Waals surface area contributed by atoms with Crippen molar-refractivity contribution in [3.8, 4) is 5.75 Å². The molecule has 13 nitrogen and oxygen atoms in total. The molecule has 0 aliphatic carbocycles. The van der Waals surface area contributed by atoms with E-state index >= 15 is 0 Å². The molecular weight excluding hydrogens is 510 g/mol. The number of nitrogens with one attached hydrogen (secondary N) is 3. The summed E-state index contributed by atoms with van der Waals surface area (Å²) in [5.41, 5.74) is 12.3. The number of aliphatic hydroxyl groups excluding tert-OH is 1. The van der Waals surface area contributed by atoms with E-state index in [1.165, 1.54) is 31.2 Å². The second kappa shape index (κ2) is 14.4. The van der Waals surface area contributed by atoms with Crippen LogP contribution in [0.1, 0.15) is 24.5 Å². The number of nitrogens with two attached hydrogens (primary N) is 2. The molecule has 0 saturated heterocycles. The highest BCUT2D eigenvalue weighted by molar-refractivity contribution is 5.95. The van der Waals surface area contributed by atoms with Crippen LogP contribution in [-0.4, -0.2) is 75.2 Å². The molecule has 0 aliphatic heterocycles. The zero-order chi connectivity index (χ0) is 29.1. The molecule has 5 atom stereocenters. The third-order valence-electron chi connectivity index (χ3n) is 5.73. The van der Waals surface area contributed by atoms with Crippen molar-refractivity contribution in [2.75, 3.05) is 0 Å². The second-order valence-corrected chi connectivity index (χ2v) is 9.02. The molecule has 13 heteroatoms. The van der Waals surface area contributed by atoms with E-state index in [-0.39, 0.29) is 18.6 Å². The Labute approximate surface area is 224 Å². The van der Waals surface area contributed by atoms with E-state index in [9.17, 15) is 39.3 Å². The topological polar surface area (TPSA) is 234 Å². The predicted molar refractivity (Wildman–Crippen MR) is 139 cm³/mol. The minimum atomic E-state index is -1.66. The van der Waals surface area contributed by atoms with E-state index < -0.39 is 66.3 Å². The number of hydrogen-bond acceptors (Lipinski definition) is 8. The van der Waals surface area contributed by atoms with Crippen LogP contribution in [0.15, 0.2) is 54.6 Å². The number of rotatable bonds is 14. The maximum absolute atomic E-state index is 13.1. The molecule has 2 aromatic rings. The largest absolute Gasteiger partial charge is 0.508 e. The van der Waals surface area contributed by atoms with Crippen LogP contribution in [0, 0.1) is 0 Å². The van der Waals surface area contributed by atoms with Crippen molar-refractivity contribution in [2.24, 2.45) is 11.5 Å². The van der Waals surface area contributed by atoms with Crippen LogP contribution in [0.4, 0.5) is 0 Å². The SMILES string of the molecule is CC(O)C(NC(=O)C(N)Cc1ccccc1)C(=O)NC(Cc1ccc(O)cc1)C(=O)NC(CC(N)=O)C(=O)O. The van der Waals surface area contributed by atoms with Crippen molar-refractivity contribution >= 4 is 29.6 Å². The lowest BCUT2D eigenvalue weighted by molar-refractivity contribution is -0.143. The number of aliphatic carboxylic acids is 1. The number of phenols is 1. The third-order valence-corrected chi connectivity index (χ3v) is 5.73. The summed E-state index contributed by atoms with van der Waals surface area (Å²) in [4.78, 5) is 61.6. The number of carboxylic acids is 1. The van der Waals surface area contributed by atoms with Gasteiger partial charge < -0.3 is 42.7 Å². The third kappa shape index (κ3) is 10.1. The number of amides is 4. The van der Waals surface area contributed by atoms with Gasteiger partial charge in [0, 0.05) is 6.42 Å². The zero-order valence-corrected chi connectivity index (χ0v) is 21.2. The fourth-order valence-electron chi connectivity index (χ4n) is 3.64. The number of primary amides is 1. The van der Waals surface area contributed by atoms with Gasteiger partial charge in [0.15, 0.2) is 0 Å². The average molecular weight is 544 g/mol. The predicted octanol–water partition coefficient (Wildman–Crippen LogP) is -1.70. The van der Waals surface area contributed by atoms with Gasteiger partial charge in [-0.3, -0.25) is 19.2 Å². The second-order valence-electron chi connectivity index (χ2n) is 9.02. The molecule has 0 spiro atoms. The first kappa shape index (κ1) is 30.7. The van der Waals surface area contributed by atoms with Gasteiger partial charge in [-0.05, 0) is 36.6 Å². The number of phenolic OH excluding ortho intramolecular Hbond substituents is 1. The highest BCUT2D eigenvalue weighted by atomic mass is 16.4. The maximum atomic E-state index is 13.1. The van der Waals surface area contributed by atoms with Crippen molar-refractivity contribution in [1.82, 2.24) is 16.0 Å². The molecule has 5 unspecified atom stereocenters. The molecule has 39 heavy (non-hydrogen) atoms. The van der Waals surface area contributed by atoms with Crippen LogP contribution in [0.2, 0.25) is 0 Å². The van der Waals surface area contributed by atoms with E-state index in [1.807, 2.05) is 0 Å². The van der Waals surface area contributed by atoms with Crippen molar-refractivity contribution < 1.29 is 39.3 Å². The smallest absolute Gasteiger partial charge is 0.326 e. The first-order chi connectivity index (χ1) is 18.4. The Morgan fingerprint density at radius 2 is 1.36 bits per heavy atom. The van der Waals surface area contributed by atoms with Gasteiger partial charge in [0.1, 0.15) is 23.9 Å². The molecule has 0 fully saturated rings. The lowest BCUT2D eigenvalue weighted by Gasteiger charge is -2.26. The van der Waals surface area contributed by atoms with E-state index in [1.54, 1.807) is 30.3 Å². The molecule has 2 aromatic carbocycles.